The van der Waals surface area contributed by atoms with E-state index in [1.54, 1.807) is 12.1 Å². The van der Waals surface area contributed by atoms with E-state index in [1.807, 2.05) is 24.3 Å². The van der Waals surface area contributed by atoms with Gasteiger partial charge in [-0.2, -0.15) is 8.42 Å². The molecule has 0 spiro atoms. The lowest BCUT2D eigenvalue weighted by molar-refractivity contribution is 0.591. The Morgan fingerprint density at radius 2 is 1.88 bits per heavy atom. The minimum atomic E-state index is -3.78. The van der Waals surface area contributed by atoms with Crippen molar-refractivity contribution >= 4 is 54.7 Å². The zero-order chi connectivity index (χ0) is 17.3. The van der Waals surface area contributed by atoms with E-state index in [0.717, 1.165) is 14.3 Å². The van der Waals surface area contributed by atoms with Crippen LogP contribution in [-0.4, -0.2) is 25.4 Å². The Hall–Kier alpha value is -1.48. The fourth-order valence-electron chi connectivity index (χ4n) is 1.92. The normalized spacial score (nSPS) is 11.5. The highest BCUT2D eigenvalue weighted by atomic mass is 79.9. The number of nitrogens with zero attached hydrogens (tertiary/aromatic N) is 3. The lowest BCUT2D eigenvalue weighted by atomic mass is 10.2. The van der Waals surface area contributed by atoms with Crippen LogP contribution >= 0.6 is 38.9 Å². The van der Waals surface area contributed by atoms with Crippen molar-refractivity contribution in [2.24, 2.45) is 0 Å². The number of hydrogen-bond donors (Lipinski definition) is 0. The predicted octanol–water partition coefficient (Wildman–Crippen LogP) is 4.45. The first kappa shape index (κ1) is 17.3. The molecule has 0 fully saturated rings. The molecule has 3 rings (SSSR count). The average molecular weight is 445 g/mol. The first-order valence-corrected chi connectivity index (χ1v) is 10.2. The molecule has 0 saturated heterocycles. The summed E-state index contributed by atoms with van der Waals surface area (Å²) < 4.78 is 27.4. The van der Waals surface area contributed by atoms with Crippen molar-refractivity contribution in [3.05, 3.63) is 57.5 Å². The minimum absolute atomic E-state index is 0.00957. The monoisotopic (exact) mass is 443 g/mol. The number of pyridine rings is 1. The predicted molar refractivity (Wildman–Crippen MR) is 100 cm³/mol. The molecule has 2 aromatic heterocycles. The summed E-state index contributed by atoms with van der Waals surface area (Å²) in [6, 6.07) is 10.7. The van der Waals surface area contributed by atoms with Gasteiger partial charge in [0.25, 0.3) is 10.0 Å². The molecule has 0 bridgehead atoms. The van der Waals surface area contributed by atoms with Gasteiger partial charge in [0, 0.05) is 28.7 Å². The summed E-state index contributed by atoms with van der Waals surface area (Å²) in [5.41, 5.74) is 0.858. The third-order valence-corrected chi connectivity index (χ3v) is 6.67. The molecule has 0 atom stereocenters. The van der Waals surface area contributed by atoms with Crippen molar-refractivity contribution in [3.8, 4) is 10.6 Å². The Balaban J connectivity index is 1.93. The summed E-state index contributed by atoms with van der Waals surface area (Å²) in [4.78, 5) is 8.30. The number of anilines is 1. The molecule has 9 heteroatoms. The fourth-order valence-corrected chi connectivity index (χ4v) is 4.51. The number of halogens is 2. The van der Waals surface area contributed by atoms with Crippen LogP contribution < -0.4 is 4.31 Å². The zero-order valence-corrected chi connectivity index (χ0v) is 16.3. The molecule has 124 valence electrons. The second-order valence-corrected chi connectivity index (χ2v) is 8.93. The highest BCUT2D eigenvalue weighted by molar-refractivity contribution is 9.10. The highest BCUT2D eigenvalue weighted by Crippen LogP contribution is 2.29. The number of benzene rings is 1. The second-order valence-electron chi connectivity index (χ2n) is 4.80. The van der Waals surface area contributed by atoms with Crippen LogP contribution in [0.2, 0.25) is 5.02 Å². The van der Waals surface area contributed by atoms with Gasteiger partial charge in [-0.3, -0.25) is 4.31 Å². The van der Waals surface area contributed by atoms with E-state index in [-0.39, 0.29) is 10.8 Å². The van der Waals surface area contributed by atoms with Crippen molar-refractivity contribution in [3.63, 3.8) is 0 Å². The van der Waals surface area contributed by atoms with Gasteiger partial charge in [0.05, 0.1) is 5.02 Å². The summed E-state index contributed by atoms with van der Waals surface area (Å²) in [6.07, 6.45) is 1.40. The van der Waals surface area contributed by atoms with Crippen LogP contribution in [0.25, 0.3) is 10.6 Å². The van der Waals surface area contributed by atoms with Crippen molar-refractivity contribution in [1.29, 1.82) is 0 Å². The van der Waals surface area contributed by atoms with Gasteiger partial charge in [-0.1, -0.05) is 39.7 Å². The molecule has 0 amide bonds. The van der Waals surface area contributed by atoms with Crippen LogP contribution in [0, 0.1) is 0 Å². The van der Waals surface area contributed by atoms with Crippen molar-refractivity contribution in [2.75, 3.05) is 11.4 Å². The van der Waals surface area contributed by atoms with E-state index in [2.05, 4.69) is 25.9 Å². The number of thiazole rings is 1. The zero-order valence-electron chi connectivity index (χ0n) is 12.3. The van der Waals surface area contributed by atoms with Gasteiger partial charge in [0.2, 0.25) is 0 Å². The molecule has 0 aliphatic heterocycles. The summed E-state index contributed by atoms with van der Waals surface area (Å²) in [5, 5.41) is 2.60. The standard InChI is InChI=1S/C15H11BrClN3O2S2/c1-20(13-7-6-12(17)8-18-13)24(21,22)14-9-23-15(19-14)10-2-4-11(16)5-3-10/h2-9H,1H3. The van der Waals surface area contributed by atoms with E-state index in [4.69, 9.17) is 11.6 Å². The summed E-state index contributed by atoms with van der Waals surface area (Å²) in [7, 11) is -2.35. The number of aromatic nitrogens is 2. The molecule has 0 aliphatic carbocycles. The smallest absolute Gasteiger partial charge is 0.252 e. The lowest BCUT2D eigenvalue weighted by Gasteiger charge is -2.16. The average Bonchev–Trinajstić information content (AvgIpc) is 3.06. The molecule has 0 saturated carbocycles. The van der Waals surface area contributed by atoms with Crippen LogP contribution in [0.5, 0.6) is 0 Å². The van der Waals surface area contributed by atoms with Crippen LogP contribution in [0.4, 0.5) is 5.82 Å². The lowest BCUT2D eigenvalue weighted by Crippen LogP contribution is -2.27. The molecule has 0 unspecified atom stereocenters. The fraction of sp³-hybridized carbons (Fsp3) is 0.0667. The third-order valence-electron chi connectivity index (χ3n) is 3.23. The Labute approximate surface area is 157 Å². The van der Waals surface area contributed by atoms with Crippen LogP contribution in [0.1, 0.15) is 0 Å². The van der Waals surface area contributed by atoms with Gasteiger partial charge in [-0.05, 0) is 24.3 Å². The topological polar surface area (TPSA) is 63.2 Å². The maximum atomic E-state index is 12.7. The molecule has 5 nitrogen and oxygen atoms in total. The van der Waals surface area contributed by atoms with Crippen LogP contribution in [0.15, 0.2) is 57.5 Å². The van der Waals surface area contributed by atoms with Crippen LogP contribution in [-0.2, 0) is 10.0 Å². The molecular formula is C15H11BrClN3O2S2. The third kappa shape index (κ3) is 3.46. The van der Waals surface area contributed by atoms with Gasteiger partial charge < -0.3 is 0 Å². The first-order valence-electron chi connectivity index (χ1n) is 6.70. The molecule has 3 aromatic rings. The minimum Gasteiger partial charge on any atom is -0.252 e. The van der Waals surface area contributed by atoms with E-state index in [9.17, 15) is 8.42 Å². The van der Waals surface area contributed by atoms with Crippen molar-refractivity contribution < 1.29 is 8.42 Å². The maximum absolute atomic E-state index is 12.7. The van der Waals surface area contributed by atoms with E-state index >= 15 is 0 Å². The van der Waals surface area contributed by atoms with Gasteiger partial charge in [-0.15, -0.1) is 11.3 Å². The van der Waals surface area contributed by atoms with E-state index < -0.39 is 10.0 Å². The largest absolute Gasteiger partial charge is 0.283 e. The first-order chi connectivity index (χ1) is 11.4. The molecule has 0 aliphatic rings. The number of rotatable bonds is 4. The number of sulfonamides is 1. The molecule has 1 aromatic carbocycles. The summed E-state index contributed by atoms with van der Waals surface area (Å²) in [5.74, 6) is 0.276. The summed E-state index contributed by atoms with van der Waals surface area (Å²) >= 11 is 10.4. The van der Waals surface area contributed by atoms with Crippen molar-refractivity contribution in [1.82, 2.24) is 9.97 Å². The highest BCUT2D eigenvalue weighted by Gasteiger charge is 2.25. The van der Waals surface area contributed by atoms with Gasteiger partial charge in [0.1, 0.15) is 10.8 Å². The molecular weight excluding hydrogens is 434 g/mol. The Bertz CT molecular complexity index is 957. The quantitative estimate of drug-likeness (QED) is 0.596. The van der Waals surface area contributed by atoms with Crippen molar-refractivity contribution in [2.45, 2.75) is 5.03 Å². The van der Waals surface area contributed by atoms with E-state index in [1.165, 1.54) is 30.0 Å². The van der Waals surface area contributed by atoms with Crippen LogP contribution in [0.3, 0.4) is 0 Å². The Kier molecular flexibility index (Phi) is 4.91. The maximum Gasteiger partial charge on any atom is 0.283 e. The van der Waals surface area contributed by atoms with Gasteiger partial charge >= 0.3 is 0 Å². The Morgan fingerprint density at radius 3 is 2.50 bits per heavy atom. The van der Waals surface area contributed by atoms with Gasteiger partial charge in [0.15, 0.2) is 5.03 Å². The molecule has 24 heavy (non-hydrogen) atoms. The second kappa shape index (κ2) is 6.79. The molecule has 0 radical (unpaired) electrons. The Morgan fingerprint density at radius 1 is 1.17 bits per heavy atom. The number of hydrogen-bond acceptors (Lipinski definition) is 5. The molecule has 0 N–H and O–H groups in total. The van der Waals surface area contributed by atoms with E-state index in [0.29, 0.717) is 10.0 Å². The van der Waals surface area contributed by atoms with Gasteiger partial charge in [-0.25, -0.2) is 9.97 Å². The SMILES string of the molecule is CN(c1ccc(Cl)cn1)S(=O)(=O)c1csc(-c2ccc(Br)cc2)n1. The molecule has 2 heterocycles. The summed E-state index contributed by atoms with van der Waals surface area (Å²) in [6.45, 7) is 0.